The minimum atomic E-state index is -4.55. The van der Waals surface area contributed by atoms with Crippen LogP contribution in [0.3, 0.4) is 0 Å². The highest BCUT2D eigenvalue weighted by molar-refractivity contribution is 6.04. The maximum atomic E-state index is 13.1. The standard InChI is InChI=1S/C32H32F3N7O2/c33-32(34,35)22-14-15-37-25(17-22)40-31(44)20-12-10-19(11-13-20)27-28-29(36)38-18-24-8-3-1-2-4-9-26(43)39-23-7-5-6-21(16-23)30(41-27)42(24)28/h1,3,10-15,17-18,21,23H,2,4-9,16H2,(H2,36,38)(H,39,43)(H,37,40,44)/b3-1-/t21-,23-/m1/s1. The summed E-state index contributed by atoms with van der Waals surface area (Å²) in [4.78, 5) is 38.9. The van der Waals surface area contributed by atoms with Gasteiger partial charge in [0.25, 0.3) is 5.91 Å². The highest BCUT2D eigenvalue weighted by Gasteiger charge is 2.32. The molecule has 12 heteroatoms. The summed E-state index contributed by atoms with van der Waals surface area (Å²) >= 11 is 0. The van der Waals surface area contributed by atoms with Crippen LogP contribution in [0.4, 0.5) is 24.8 Å². The molecule has 2 atom stereocenters. The minimum Gasteiger partial charge on any atom is -0.382 e. The molecular weight excluding hydrogens is 571 g/mol. The lowest BCUT2D eigenvalue weighted by atomic mass is 9.85. The van der Waals surface area contributed by atoms with Crippen molar-refractivity contribution in [3.05, 3.63) is 83.6 Å². The van der Waals surface area contributed by atoms with E-state index in [-0.39, 0.29) is 29.2 Å². The number of alkyl halides is 3. The smallest absolute Gasteiger partial charge is 0.382 e. The van der Waals surface area contributed by atoms with Crippen molar-refractivity contribution in [1.29, 1.82) is 0 Å². The Bertz CT molecular complexity index is 1730. The Morgan fingerprint density at radius 3 is 2.68 bits per heavy atom. The molecule has 44 heavy (non-hydrogen) atoms. The summed E-state index contributed by atoms with van der Waals surface area (Å²) in [5.74, 6) is 0.564. The minimum absolute atomic E-state index is 0.0716. The molecular formula is C32H32F3N7O2. The number of nitrogen functional groups attached to an aromatic ring is 1. The number of aromatic nitrogens is 4. The highest BCUT2D eigenvalue weighted by Crippen LogP contribution is 2.38. The molecule has 4 aromatic rings. The van der Waals surface area contributed by atoms with Gasteiger partial charge in [-0.05, 0) is 56.4 Å². The second-order valence-corrected chi connectivity index (χ2v) is 11.3. The summed E-state index contributed by atoms with van der Waals surface area (Å²) in [6, 6.07) is 8.34. The van der Waals surface area contributed by atoms with E-state index < -0.39 is 17.6 Å². The largest absolute Gasteiger partial charge is 0.416 e. The normalized spacial score (nSPS) is 20.0. The van der Waals surface area contributed by atoms with Crippen LogP contribution in [0.5, 0.6) is 0 Å². The molecule has 3 aromatic heterocycles. The molecule has 0 saturated heterocycles. The van der Waals surface area contributed by atoms with Crippen LogP contribution in [0.1, 0.15) is 78.3 Å². The van der Waals surface area contributed by atoms with E-state index >= 15 is 0 Å². The van der Waals surface area contributed by atoms with Gasteiger partial charge >= 0.3 is 6.18 Å². The zero-order valence-electron chi connectivity index (χ0n) is 23.9. The number of halogens is 3. The van der Waals surface area contributed by atoms with Gasteiger partial charge in [0.05, 0.1) is 5.56 Å². The molecule has 4 heterocycles. The molecule has 1 aromatic carbocycles. The van der Waals surface area contributed by atoms with Crippen LogP contribution < -0.4 is 16.4 Å². The Hall–Kier alpha value is -4.74. The lowest BCUT2D eigenvalue weighted by Crippen LogP contribution is -2.38. The number of imidazole rings is 1. The number of anilines is 2. The molecule has 2 amide bonds. The zero-order chi connectivity index (χ0) is 30.8. The maximum Gasteiger partial charge on any atom is 0.416 e. The van der Waals surface area contributed by atoms with E-state index in [4.69, 9.17) is 10.7 Å². The monoisotopic (exact) mass is 603 g/mol. The lowest BCUT2D eigenvalue weighted by Gasteiger charge is -2.29. The van der Waals surface area contributed by atoms with Crippen molar-refractivity contribution in [3.63, 3.8) is 0 Å². The van der Waals surface area contributed by atoms with Gasteiger partial charge in [-0.3, -0.25) is 14.0 Å². The first-order valence-corrected chi connectivity index (χ1v) is 14.7. The highest BCUT2D eigenvalue weighted by atomic mass is 19.4. The van der Waals surface area contributed by atoms with Crippen molar-refractivity contribution in [3.8, 4) is 11.3 Å². The number of allylic oxidation sites excluding steroid dienone is 2. The van der Waals surface area contributed by atoms with Crippen LogP contribution in [-0.4, -0.2) is 37.2 Å². The van der Waals surface area contributed by atoms with Crippen LogP contribution in [0, 0.1) is 0 Å². The van der Waals surface area contributed by atoms with Gasteiger partial charge in [0, 0.05) is 54.0 Å². The van der Waals surface area contributed by atoms with Crippen LogP contribution >= 0.6 is 0 Å². The summed E-state index contributed by atoms with van der Waals surface area (Å²) in [5.41, 5.74) is 8.77. The number of amides is 2. The number of hydrogen-bond acceptors (Lipinski definition) is 6. The third kappa shape index (κ3) is 6.15. The SMILES string of the molecule is Nc1ncc2n3c(nc(-c4ccc(C(=O)Nc5cc(C(F)(F)F)ccn5)cc4)c13)[C@@H]1CCC[C@H](C1)NC(=O)CCC/C=C\C2. The summed E-state index contributed by atoms with van der Waals surface area (Å²) in [6.45, 7) is 0. The maximum absolute atomic E-state index is 13.1. The molecule has 1 fully saturated rings. The van der Waals surface area contributed by atoms with Crippen LogP contribution in [0.25, 0.3) is 16.8 Å². The number of benzene rings is 1. The van der Waals surface area contributed by atoms with E-state index in [2.05, 4.69) is 37.2 Å². The Morgan fingerprint density at radius 2 is 1.89 bits per heavy atom. The Kier molecular flexibility index (Phi) is 8.07. The van der Waals surface area contributed by atoms with E-state index in [0.717, 1.165) is 68.4 Å². The Morgan fingerprint density at radius 1 is 1.07 bits per heavy atom. The van der Waals surface area contributed by atoms with Crippen molar-refractivity contribution in [2.45, 2.75) is 69.5 Å². The van der Waals surface area contributed by atoms with Gasteiger partial charge in [-0.25, -0.2) is 15.0 Å². The van der Waals surface area contributed by atoms with E-state index in [0.29, 0.717) is 35.4 Å². The van der Waals surface area contributed by atoms with E-state index in [1.54, 1.807) is 30.5 Å². The first kappa shape index (κ1) is 29.3. The number of rotatable bonds is 3. The molecule has 1 aliphatic carbocycles. The summed E-state index contributed by atoms with van der Waals surface area (Å²) in [5, 5.41) is 5.65. The molecule has 1 saturated carbocycles. The number of hydrogen-bond donors (Lipinski definition) is 3. The van der Waals surface area contributed by atoms with Crippen molar-refractivity contribution < 1.29 is 22.8 Å². The number of pyridine rings is 1. The molecule has 0 spiro atoms. The van der Waals surface area contributed by atoms with E-state index in [9.17, 15) is 22.8 Å². The van der Waals surface area contributed by atoms with Gasteiger partial charge in [0.1, 0.15) is 28.7 Å². The topological polar surface area (TPSA) is 127 Å². The average Bonchev–Trinajstić information content (AvgIpc) is 3.41. The van der Waals surface area contributed by atoms with Gasteiger partial charge in [-0.15, -0.1) is 0 Å². The number of carbonyl (C=O) groups is 2. The van der Waals surface area contributed by atoms with Crippen LogP contribution in [-0.2, 0) is 17.4 Å². The number of carbonyl (C=O) groups excluding carboxylic acids is 2. The number of nitrogens with one attached hydrogen (secondary N) is 2. The van der Waals surface area contributed by atoms with Gasteiger partial charge in [0.15, 0.2) is 0 Å². The molecule has 2 bridgehead atoms. The van der Waals surface area contributed by atoms with Gasteiger partial charge < -0.3 is 16.4 Å². The van der Waals surface area contributed by atoms with Crippen molar-refractivity contribution in [2.24, 2.45) is 0 Å². The molecule has 6 rings (SSSR count). The van der Waals surface area contributed by atoms with Crippen LogP contribution in [0.15, 0.2) is 60.9 Å². The van der Waals surface area contributed by atoms with Crippen molar-refractivity contribution >= 4 is 29.0 Å². The Balaban J connectivity index is 1.35. The van der Waals surface area contributed by atoms with Gasteiger partial charge in [-0.1, -0.05) is 30.7 Å². The molecule has 9 nitrogen and oxygen atoms in total. The second-order valence-electron chi connectivity index (χ2n) is 11.3. The lowest BCUT2D eigenvalue weighted by molar-refractivity contribution is -0.137. The van der Waals surface area contributed by atoms with Crippen LogP contribution in [0.2, 0.25) is 0 Å². The zero-order valence-corrected chi connectivity index (χ0v) is 23.9. The fraction of sp³-hybridized carbons (Fsp3) is 0.344. The summed E-state index contributed by atoms with van der Waals surface area (Å²) in [7, 11) is 0. The van der Waals surface area contributed by atoms with E-state index in [1.165, 1.54) is 0 Å². The van der Waals surface area contributed by atoms with E-state index in [1.807, 2.05) is 0 Å². The predicted octanol–water partition coefficient (Wildman–Crippen LogP) is 6.07. The first-order valence-electron chi connectivity index (χ1n) is 14.7. The fourth-order valence-corrected chi connectivity index (χ4v) is 6.05. The number of fused-ring (bicyclic) bond motifs is 3. The van der Waals surface area contributed by atoms with Crippen molar-refractivity contribution in [1.82, 2.24) is 24.7 Å². The number of nitrogens with two attached hydrogens (primary N) is 1. The molecule has 2 aliphatic rings. The van der Waals surface area contributed by atoms with Gasteiger partial charge in [-0.2, -0.15) is 13.2 Å². The number of nitrogens with zero attached hydrogens (tertiary/aromatic N) is 4. The Labute approximate surface area is 251 Å². The molecule has 0 radical (unpaired) electrons. The molecule has 228 valence electrons. The van der Waals surface area contributed by atoms with Gasteiger partial charge in [0.2, 0.25) is 5.91 Å². The molecule has 1 aliphatic heterocycles. The third-order valence-electron chi connectivity index (χ3n) is 8.21. The average molecular weight is 604 g/mol. The molecule has 0 unspecified atom stereocenters. The third-order valence-corrected chi connectivity index (χ3v) is 8.21. The second kappa shape index (κ2) is 12.1. The summed E-state index contributed by atoms with van der Waals surface area (Å²) in [6.07, 6.45) is 8.69. The predicted molar refractivity (Wildman–Crippen MR) is 160 cm³/mol. The first-order chi connectivity index (χ1) is 21.2. The summed E-state index contributed by atoms with van der Waals surface area (Å²) < 4.78 is 41.4. The van der Waals surface area contributed by atoms with Crippen molar-refractivity contribution in [2.75, 3.05) is 11.1 Å². The fourth-order valence-electron chi connectivity index (χ4n) is 6.05. The quantitative estimate of drug-likeness (QED) is 0.244. The molecule has 4 N–H and O–H groups in total.